The predicted octanol–water partition coefficient (Wildman–Crippen LogP) is 1.96. The summed E-state index contributed by atoms with van der Waals surface area (Å²) < 4.78 is 2.53. The van der Waals surface area contributed by atoms with Crippen molar-refractivity contribution in [1.82, 2.24) is 3.11 Å². The SMILES string of the molecule is IN1C2CCC1CC2. The molecule has 2 rings (SSSR count). The zero-order valence-electron chi connectivity index (χ0n) is 4.81. The second-order valence-electron chi connectivity index (χ2n) is 2.81. The van der Waals surface area contributed by atoms with Crippen molar-refractivity contribution in [2.45, 2.75) is 37.8 Å². The third-order valence-electron chi connectivity index (χ3n) is 2.36. The number of hydrogen-bond acceptors (Lipinski definition) is 1. The molecule has 1 nitrogen and oxygen atoms in total. The number of nitrogens with zero attached hydrogens (tertiary/aromatic N) is 1. The van der Waals surface area contributed by atoms with Crippen molar-refractivity contribution in [2.24, 2.45) is 0 Å². The Kier molecular flexibility index (Phi) is 1.26. The maximum atomic E-state index is 2.53. The van der Waals surface area contributed by atoms with E-state index in [1.54, 1.807) is 0 Å². The molecule has 0 saturated carbocycles. The average molecular weight is 223 g/mol. The predicted molar refractivity (Wildman–Crippen MR) is 41.9 cm³/mol. The summed E-state index contributed by atoms with van der Waals surface area (Å²) in [5.74, 6) is 0. The van der Waals surface area contributed by atoms with Gasteiger partial charge in [-0.25, -0.2) is 3.11 Å². The molecule has 2 fully saturated rings. The van der Waals surface area contributed by atoms with Crippen molar-refractivity contribution >= 4 is 22.9 Å². The van der Waals surface area contributed by atoms with Crippen LogP contribution in [0.15, 0.2) is 0 Å². The van der Waals surface area contributed by atoms with Crippen molar-refractivity contribution in [2.75, 3.05) is 0 Å². The number of halogens is 1. The summed E-state index contributed by atoms with van der Waals surface area (Å²) in [5, 5.41) is 0. The third-order valence-corrected chi connectivity index (χ3v) is 3.94. The first-order valence-corrected chi connectivity index (χ1v) is 4.28. The van der Waals surface area contributed by atoms with E-state index >= 15 is 0 Å². The summed E-state index contributed by atoms with van der Waals surface area (Å²) in [4.78, 5) is 0. The van der Waals surface area contributed by atoms with Crippen LogP contribution < -0.4 is 0 Å². The Balaban J connectivity index is 2.16. The fraction of sp³-hybridized carbons (Fsp3) is 1.00. The highest BCUT2D eigenvalue weighted by molar-refractivity contribution is 14.1. The standard InChI is InChI=1S/C6H10IN/c7-8-5-1-2-6(8)4-3-5/h5-6H,1-4H2. The molecule has 0 spiro atoms. The van der Waals surface area contributed by atoms with Gasteiger partial charge >= 0.3 is 0 Å². The molecule has 0 aromatic carbocycles. The molecule has 0 aromatic heterocycles. The Morgan fingerprint density at radius 3 is 1.50 bits per heavy atom. The lowest BCUT2D eigenvalue weighted by atomic mass is 10.0. The fourth-order valence-corrected chi connectivity index (χ4v) is 2.96. The van der Waals surface area contributed by atoms with E-state index in [0.29, 0.717) is 0 Å². The molecule has 0 N–H and O–H groups in total. The van der Waals surface area contributed by atoms with E-state index < -0.39 is 0 Å². The van der Waals surface area contributed by atoms with Crippen LogP contribution in [0.3, 0.4) is 0 Å². The lowest BCUT2D eigenvalue weighted by molar-refractivity contribution is 0.494. The first kappa shape index (κ1) is 5.47. The highest BCUT2D eigenvalue weighted by atomic mass is 127. The molecule has 2 aliphatic heterocycles. The van der Waals surface area contributed by atoms with Gasteiger partial charge in [0, 0.05) is 34.9 Å². The van der Waals surface area contributed by atoms with E-state index in [1.807, 2.05) is 0 Å². The Bertz CT molecular complexity index is 84.7. The number of hydrogen-bond donors (Lipinski definition) is 0. The van der Waals surface area contributed by atoms with Crippen molar-refractivity contribution in [1.29, 1.82) is 0 Å². The largest absolute Gasteiger partial charge is 0.241 e. The van der Waals surface area contributed by atoms with Crippen LogP contribution in [0.2, 0.25) is 0 Å². The fourth-order valence-electron chi connectivity index (χ4n) is 1.85. The van der Waals surface area contributed by atoms with Gasteiger partial charge < -0.3 is 0 Å². The molecule has 2 heteroatoms. The number of rotatable bonds is 0. The maximum Gasteiger partial charge on any atom is 0.0207 e. The van der Waals surface area contributed by atoms with Crippen molar-refractivity contribution in [3.05, 3.63) is 0 Å². The van der Waals surface area contributed by atoms with Gasteiger partial charge in [0.15, 0.2) is 0 Å². The van der Waals surface area contributed by atoms with Gasteiger partial charge in [-0.05, 0) is 25.7 Å². The van der Waals surface area contributed by atoms with Gasteiger partial charge in [-0.3, -0.25) is 0 Å². The average Bonchev–Trinajstić information content (AvgIpc) is 2.29. The van der Waals surface area contributed by atoms with Crippen LogP contribution in [0, 0.1) is 0 Å². The maximum absolute atomic E-state index is 2.53. The van der Waals surface area contributed by atoms with Gasteiger partial charge in [-0.1, -0.05) is 0 Å². The molecule has 2 aliphatic rings. The normalized spacial score (nSPS) is 46.1. The van der Waals surface area contributed by atoms with Crippen LogP contribution in [0.1, 0.15) is 25.7 Å². The lowest BCUT2D eigenvalue weighted by Gasteiger charge is -2.09. The molecule has 2 bridgehead atoms. The van der Waals surface area contributed by atoms with Crippen LogP contribution in [0.4, 0.5) is 0 Å². The van der Waals surface area contributed by atoms with E-state index in [9.17, 15) is 0 Å². The molecule has 8 heavy (non-hydrogen) atoms. The highest BCUT2D eigenvalue weighted by Crippen LogP contribution is 2.39. The lowest BCUT2D eigenvalue weighted by Crippen LogP contribution is -2.15. The monoisotopic (exact) mass is 223 g/mol. The minimum Gasteiger partial charge on any atom is -0.241 e. The van der Waals surface area contributed by atoms with Crippen LogP contribution >= 0.6 is 22.9 Å². The second-order valence-corrected chi connectivity index (χ2v) is 3.92. The summed E-state index contributed by atoms with van der Waals surface area (Å²) >= 11 is 2.48. The molecule has 46 valence electrons. The molecule has 0 atom stereocenters. The molecule has 0 amide bonds. The minimum atomic E-state index is 0.959. The minimum absolute atomic E-state index is 0.959. The molecule has 0 aromatic rings. The second kappa shape index (κ2) is 1.84. The quantitative estimate of drug-likeness (QED) is 0.448. The van der Waals surface area contributed by atoms with E-state index in [1.165, 1.54) is 25.7 Å². The van der Waals surface area contributed by atoms with Crippen molar-refractivity contribution < 1.29 is 0 Å². The molecule has 0 radical (unpaired) electrons. The summed E-state index contributed by atoms with van der Waals surface area (Å²) in [6, 6.07) is 1.92. The molecular weight excluding hydrogens is 213 g/mol. The summed E-state index contributed by atoms with van der Waals surface area (Å²) in [5.41, 5.74) is 0. The van der Waals surface area contributed by atoms with Gasteiger partial charge in [-0.2, -0.15) is 0 Å². The Morgan fingerprint density at radius 1 is 1.00 bits per heavy atom. The summed E-state index contributed by atoms with van der Waals surface area (Å²) in [6.45, 7) is 0. The summed E-state index contributed by atoms with van der Waals surface area (Å²) in [7, 11) is 0. The third kappa shape index (κ3) is 0.620. The zero-order chi connectivity index (χ0) is 5.56. The smallest absolute Gasteiger partial charge is 0.0207 e. The van der Waals surface area contributed by atoms with Crippen LogP contribution in [-0.4, -0.2) is 15.2 Å². The van der Waals surface area contributed by atoms with Crippen molar-refractivity contribution in [3.63, 3.8) is 0 Å². The molecular formula is C6H10IN. The molecule has 2 saturated heterocycles. The Morgan fingerprint density at radius 2 is 1.38 bits per heavy atom. The molecule has 0 unspecified atom stereocenters. The first-order chi connectivity index (χ1) is 3.88. The summed E-state index contributed by atoms with van der Waals surface area (Å²) in [6.07, 6.45) is 5.86. The van der Waals surface area contributed by atoms with Crippen LogP contribution in [0.25, 0.3) is 0 Å². The van der Waals surface area contributed by atoms with Gasteiger partial charge in [0.1, 0.15) is 0 Å². The van der Waals surface area contributed by atoms with Crippen LogP contribution in [0.5, 0.6) is 0 Å². The zero-order valence-corrected chi connectivity index (χ0v) is 6.97. The molecule has 0 aliphatic carbocycles. The van der Waals surface area contributed by atoms with Gasteiger partial charge in [0.2, 0.25) is 0 Å². The topological polar surface area (TPSA) is 3.24 Å². The first-order valence-electron chi connectivity index (χ1n) is 3.32. The Hall–Kier alpha value is 0.690. The molecule has 2 heterocycles. The van der Waals surface area contributed by atoms with Crippen molar-refractivity contribution in [3.8, 4) is 0 Å². The highest BCUT2D eigenvalue weighted by Gasteiger charge is 2.37. The van der Waals surface area contributed by atoms with Crippen LogP contribution in [-0.2, 0) is 0 Å². The van der Waals surface area contributed by atoms with Gasteiger partial charge in [0.25, 0.3) is 0 Å². The van der Waals surface area contributed by atoms with Gasteiger partial charge in [0.05, 0.1) is 0 Å². The number of fused-ring (bicyclic) bond motifs is 2. The van der Waals surface area contributed by atoms with Gasteiger partial charge in [-0.15, -0.1) is 0 Å². The van der Waals surface area contributed by atoms with E-state index in [2.05, 4.69) is 26.0 Å². The van der Waals surface area contributed by atoms with E-state index in [4.69, 9.17) is 0 Å². The van der Waals surface area contributed by atoms with E-state index in [-0.39, 0.29) is 0 Å². The van der Waals surface area contributed by atoms with E-state index in [0.717, 1.165) is 12.1 Å². The Labute approximate surface area is 63.9 Å².